The third-order valence-electron chi connectivity index (χ3n) is 2.79. The third kappa shape index (κ3) is 2.43. The van der Waals surface area contributed by atoms with Gasteiger partial charge in [0.15, 0.2) is 0 Å². The Morgan fingerprint density at radius 3 is 2.72 bits per heavy atom. The van der Waals surface area contributed by atoms with Gasteiger partial charge in [0.2, 0.25) is 0 Å². The summed E-state index contributed by atoms with van der Waals surface area (Å²) in [6.45, 7) is 2.38. The summed E-state index contributed by atoms with van der Waals surface area (Å²) in [5.41, 5.74) is 8.17. The Morgan fingerprint density at radius 2 is 2.11 bits per heavy atom. The van der Waals surface area contributed by atoms with Crippen LogP contribution in [0.15, 0.2) is 24.3 Å². The maximum atomic E-state index is 6.24. The predicted octanol–water partition coefficient (Wildman–Crippen LogP) is 2.80. The molecular weight excluding hydrogens is 250 g/mol. The van der Waals surface area contributed by atoms with E-state index in [1.165, 1.54) is 0 Å². The molecule has 0 saturated heterocycles. The topological polar surface area (TPSA) is 53.1 Å². The van der Waals surface area contributed by atoms with Crippen LogP contribution >= 0.6 is 11.6 Å². The fourth-order valence-corrected chi connectivity index (χ4v) is 2.08. The number of hydrogen-bond donors (Lipinski definition) is 1. The fourth-order valence-electron chi connectivity index (χ4n) is 1.73. The van der Waals surface area contributed by atoms with Crippen LogP contribution in [-0.4, -0.2) is 9.78 Å². The van der Waals surface area contributed by atoms with Crippen LogP contribution in [0.4, 0.5) is 5.69 Å². The molecule has 1 heterocycles. The zero-order valence-electron chi connectivity index (χ0n) is 10.5. The van der Waals surface area contributed by atoms with Crippen molar-refractivity contribution in [1.82, 2.24) is 9.78 Å². The molecule has 18 heavy (non-hydrogen) atoms. The molecule has 0 unspecified atom stereocenters. The van der Waals surface area contributed by atoms with E-state index in [1.807, 2.05) is 32.2 Å². The van der Waals surface area contributed by atoms with Gasteiger partial charge in [-0.3, -0.25) is 4.68 Å². The van der Waals surface area contributed by atoms with Crippen molar-refractivity contribution in [2.24, 2.45) is 7.05 Å². The predicted molar refractivity (Wildman–Crippen MR) is 72.8 cm³/mol. The van der Waals surface area contributed by atoms with Crippen molar-refractivity contribution in [3.8, 4) is 5.75 Å². The minimum atomic E-state index is 0.358. The highest BCUT2D eigenvalue weighted by Gasteiger charge is 2.13. The minimum Gasteiger partial charge on any atom is -0.485 e. The molecule has 0 amide bonds. The lowest BCUT2D eigenvalue weighted by molar-refractivity contribution is 0.296. The van der Waals surface area contributed by atoms with Crippen molar-refractivity contribution in [1.29, 1.82) is 0 Å². The molecule has 2 aromatic rings. The number of para-hydroxylation sites is 2. The van der Waals surface area contributed by atoms with E-state index in [1.54, 1.807) is 10.7 Å². The van der Waals surface area contributed by atoms with Crippen molar-refractivity contribution in [2.45, 2.75) is 20.0 Å². The van der Waals surface area contributed by atoms with Gasteiger partial charge in [-0.2, -0.15) is 5.10 Å². The maximum Gasteiger partial charge on any atom is 0.142 e. The number of benzene rings is 1. The van der Waals surface area contributed by atoms with E-state index in [4.69, 9.17) is 22.1 Å². The SMILES string of the molecule is CCc1nn(C)c(COc2ccccc2N)c1Cl. The van der Waals surface area contributed by atoms with Gasteiger partial charge in [0.1, 0.15) is 12.4 Å². The van der Waals surface area contributed by atoms with Crippen LogP contribution in [-0.2, 0) is 20.1 Å². The van der Waals surface area contributed by atoms with E-state index in [9.17, 15) is 0 Å². The van der Waals surface area contributed by atoms with Gasteiger partial charge in [0.25, 0.3) is 0 Å². The second-order valence-corrected chi connectivity index (χ2v) is 4.39. The van der Waals surface area contributed by atoms with Gasteiger partial charge < -0.3 is 10.5 Å². The molecule has 0 radical (unpaired) electrons. The summed E-state index contributed by atoms with van der Waals surface area (Å²) in [6.07, 6.45) is 0.806. The highest BCUT2D eigenvalue weighted by atomic mass is 35.5. The molecule has 0 atom stereocenters. The molecule has 5 heteroatoms. The molecule has 0 fully saturated rings. The van der Waals surface area contributed by atoms with Crippen molar-refractivity contribution >= 4 is 17.3 Å². The highest BCUT2D eigenvalue weighted by Crippen LogP contribution is 2.25. The average molecular weight is 266 g/mol. The molecule has 0 saturated carbocycles. The molecule has 0 aliphatic carbocycles. The molecule has 0 bridgehead atoms. The Bertz CT molecular complexity index is 551. The highest BCUT2D eigenvalue weighted by molar-refractivity contribution is 6.31. The van der Waals surface area contributed by atoms with Crippen LogP contribution < -0.4 is 10.5 Å². The number of aromatic nitrogens is 2. The smallest absolute Gasteiger partial charge is 0.142 e. The summed E-state index contributed by atoms with van der Waals surface area (Å²) >= 11 is 6.24. The number of hydrogen-bond acceptors (Lipinski definition) is 3. The van der Waals surface area contributed by atoms with Crippen molar-refractivity contribution in [3.63, 3.8) is 0 Å². The molecular formula is C13H16ClN3O. The lowest BCUT2D eigenvalue weighted by Crippen LogP contribution is -2.04. The normalized spacial score (nSPS) is 10.6. The van der Waals surface area contributed by atoms with E-state index in [0.717, 1.165) is 17.8 Å². The number of nitrogens with zero attached hydrogens (tertiary/aromatic N) is 2. The van der Waals surface area contributed by atoms with Crippen LogP contribution in [0.2, 0.25) is 5.02 Å². The van der Waals surface area contributed by atoms with Crippen LogP contribution in [0.3, 0.4) is 0 Å². The van der Waals surface area contributed by atoms with Gasteiger partial charge in [-0.1, -0.05) is 30.7 Å². The molecule has 96 valence electrons. The molecule has 1 aromatic carbocycles. The number of aryl methyl sites for hydroxylation is 2. The first-order valence-corrected chi connectivity index (χ1v) is 6.18. The van der Waals surface area contributed by atoms with E-state index in [-0.39, 0.29) is 0 Å². The van der Waals surface area contributed by atoms with Gasteiger partial charge >= 0.3 is 0 Å². The van der Waals surface area contributed by atoms with Gasteiger partial charge in [0, 0.05) is 7.05 Å². The summed E-state index contributed by atoms with van der Waals surface area (Å²) in [7, 11) is 1.86. The molecule has 0 aliphatic rings. The number of ether oxygens (including phenoxy) is 1. The molecule has 4 nitrogen and oxygen atoms in total. The maximum absolute atomic E-state index is 6.24. The van der Waals surface area contributed by atoms with Crippen LogP contribution in [0.1, 0.15) is 18.3 Å². The summed E-state index contributed by atoms with van der Waals surface area (Å²) < 4.78 is 7.42. The Balaban J connectivity index is 2.16. The Labute approximate surface area is 111 Å². The van der Waals surface area contributed by atoms with Crippen molar-refractivity contribution < 1.29 is 4.74 Å². The lowest BCUT2D eigenvalue weighted by atomic mass is 10.3. The van der Waals surface area contributed by atoms with E-state index >= 15 is 0 Å². The summed E-state index contributed by atoms with van der Waals surface area (Å²) in [5.74, 6) is 0.660. The second kappa shape index (κ2) is 5.31. The van der Waals surface area contributed by atoms with E-state index in [2.05, 4.69) is 5.10 Å². The second-order valence-electron chi connectivity index (χ2n) is 4.01. The van der Waals surface area contributed by atoms with Gasteiger partial charge in [-0.05, 0) is 18.6 Å². The quantitative estimate of drug-likeness (QED) is 0.865. The van der Waals surface area contributed by atoms with Crippen molar-refractivity contribution in [2.75, 3.05) is 5.73 Å². The van der Waals surface area contributed by atoms with Gasteiger partial charge in [0.05, 0.1) is 22.1 Å². The summed E-state index contributed by atoms with van der Waals surface area (Å²) in [5, 5.41) is 5.01. The standard InChI is InChI=1S/C13H16ClN3O/c1-3-10-13(14)11(17(2)16-10)8-18-12-7-5-4-6-9(12)15/h4-7H,3,8,15H2,1-2H3. The lowest BCUT2D eigenvalue weighted by Gasteiger charge is -2.08. The third-order valence-corrected chi connectivity index (χ3v) is 3.22. The number of halogens is 1. The Kier molecular flexibility index (Phi) is 3.77. The largest absolute Gasteiger partial charge is 0.485 e. The number of nitrogen functional groups attached to an aromatic ring is 1. The molecule has 2 rings (SSSR count). The first-order chi connectivity index (χ1) is 8.63. The average Bonchev–Trinajstić information content (AvgIpc) is 2.64. The van der Waals surface area contributed by atoms with Gasteiger partial charge in [-0.25, -0.2) is 0 Å². The Morgan fingerprint density at radius 1 is 1.39 bits per heavy atom. The zero-order valence-corrected chi connectivity index (χ0v) is 11.2. The molecule has 1 aromatic heterocycles. The Hall–Kier alpha value is -1.68. The molecule has 0 spiro atoms. The number of rotatable bonds is 4. The molecule has 0 aliphatic heterocycles. The minimum absolute atomic E-state index is 0.358. The van der Waals surface area contributed by atoms with Crippen molar-refractivity contribution in [3.05, 3.63) is 40.7 Å². The number of anilines is 1. The monoisotopic (exact) mass is 265 g/mol. The first-order valence-electron chi connectivity index (χ1n) is 5.81. The first kappa shape index (κ1) is 12.8. The summed E-state index contributed by atoms with van der Waals surface area (Å²) in [4.78, 5) is 0. The van der Waals surface area contributed by atoms with Crippen LogP contribution in [0.25, 0.3) is 0 Å². The fraction of sp³-hybridized carbons (Fsp3) is 0.308. The summed E-state index contributed by atoms with van der Waals surface area (Å²) in [6, 6.07) is 7.39. The van der Waals surface area contributed by atoms with E-state index < -0.39 is 0 Å². The number of nitrogens with two attached hydrogens (primary N) is 1. The van der Waals surface area contributed by atoms with Crippen LogP contribution in [0.5, 0.6) is 5.75 Å². The zero-order chi connectivity index (χ0) is 13.1. The van der Waals surface area contributed by atoms with Gasteiger partial charge in [-0.15, -0.1) is 0 Å². The van der Waals surface area contributed by atoms with E-state index in [0.29, 0.717) is 23.1 Å². The molecule has 2 N–H and O–H groups in total. The van der Waals surface area contributed by atoms with Crippen LogP contribution in [0, 0.1) is 0 Å².